The van der Waals surface area contributed by atoms with Gasteiger partial charge >= 0.3 is 0 Å². The Bertz CT molecular complexity index is 645. The molecular formula is C18H25N5O. The molecule has 3 rings (SSSR count). The number of piperidine rings is 1. The van der Waals surface area contributed by atoms with Gasteiger partial charge < -0.3 is 15.3 Å². The lowest BCUT2D eigenvalue weighted by Gasteiger charge is -2.32. The SMILES string of the molecule is Cc1cc(C)nc(NCc2ccc(N3CCC(CO)CC3)nc2)n1. The number of anilines is 2. The predicted molar refractivity (Wildman–Crippen MR) is 95.1 cm³/mol. The molecule has 128 valence electrons. The highest BCUT2D eigenvalue weighted by Crippen LogP contribution is 2.21. The molecule has 2 aromatic rings. The largest absolute Gasteiger partial charge is 0.396 e. The Morgan fingerprint density at radius 2 is 1.88 bits per heavy atom. The number of aliphatic hydroxyl groups excluding tert-OH is 1. The lowest BCUT2D eigenvalue weighted by molar-refractivity contribution is 0.203. The van der Waals surface area contributed by atoms with Gasteiger partial charge in [0.25, 0.3) is 0 Å². The first-order valence-corrected chi connectivity index (χ1v) is 8.51. The summed E-state index contributed by atoms with van der Waals surface area (Å²) in [6, 6.07) is 6.12. The standard InChI is InChI=1S/C18H25N5O/c1-13-9-14(2)22-18(21-13)20-11-16-3-4-17(19-10-16)23-7-5-15(12-24)6-8-23/h3-4,9-10,15,24H,5-8,11-12H2,1-2H3,(H,20,21,22). The van der Waals surface area contributed by atoms with Gasteiger partial charge in [0.15, 0.2) is 0 Å². The van der Waals surface area contributed by atoms with Crippen LogP contribution in [0.3, 0.4) is 0 Å². The van der Waals surface area contributed by atoms with Crippen LogP contribution in [-0.2, 0) is 6.54 Å². The number of rotatable bonds is 5. The molecule has 2 N–H and O–H groups in total. The van der Waals surface area contributed by atoms with Gasteiger partial charge in [0.1, 0.15) is 5.82 Å². The van der Waals surface area contributed by atoms with Crippen LogP contribution >= 0.6 is 0 Å². The summed E-state index contributed by atoms with van der Waals surface area (Å²) < 4.78 is 0. The summed E-state index contributed by atoms with van der Waals surface area (Å²) in [5.74, 6) is 2.11. The van der Waals surface area contributed by atoms with Gasteiger partial charge in [-0.25, -0.2) is 15.0 Å². The molecule has 0 radical (unpaired) electrons. The molecule has 1 saturated heterocycles. The average Bonchev–Trinajstić information content (AvgIpc) is 2.60. The van der Waals surface area contributed by atoms with Crippen LogP contribution in [0.4, 0.5) is 11.8 Å². The molecule has 0 aliphatic carbocycles. The molecule has 1 aliphatic heterocycles. The van der Waals surface area contributed by atoms with E-state index < -0.39 is 0 Å². The molecule has 0 aromatic carbocycles. The second-order valence-electron chi connectivity index (χ2n) is 6.47. The summed E-state index contributed by atoms with van der Waals surface area (Å²) in [6.45, 7) is 6.82. The van der Waals surface area contributed by atoms with Crippen molar-refractivity contribution in [2.24, 2.45) is 5.92 Å². The van der Waals surface area contributed by atoms with Crippen LogP contribution in [0.25, 0.3) is 0 Å². The smallest absolute Gasteiger partial charge is 0.223 e. The first-order chi connectivity index (χ1) is 11.6. The maximum absolute atomic E-state index is 9.22. The minimum absolute atomic E-state index is 0.298. The molecule has 1 fully saturated rings. The maximum Gasteiger partial charge on any atom is 0.223 e. The number of nitrogens with one attached hydrogen (secondary N) is 1. The highest BCUT2D eigenvalue weighted by molar-refractivity contribution is 5.40. The fourth-order valence-electron chi connectivity index (χ4n) is 3.04. The Kier molecular flexibility index (Phi) is 5.25. The molecule has 24 heavy (non-hydrogen) atoms. The van der Waals surface area contributed by atoms with Gasteiger partial charge in [0.2, 0.25) is 5.95 Å². The number of hydrogen-bond donors (Lipinski definition) is 2. The first kappa shape index (κ1) is 16.6. The summed E-state index contributed by atoms with van der Waals surface area (Å²) in [5, 5.41) is 12.5. The van der Waals surface area contributed by atoms with Gasteiger partial charge in [0.05, 0.1) is 0 Å². The number of hydrogen-bond acceptors (Lipinski definition) is 6. The first-order valence-electron chi connectivity index (χ1n) is 8.51. The van der Waals surface area contributed by atoms with Crippen molar-refractivity contribution < 1.29 is 5.11 Å². The van der Waals surface area contributed by atoms with E-state index in [9.17, 15) is 5.11 Å². The summed E-state index contributed by atoms with van der Waals surface area (Å²) in [5.41, 5.74) is 3.03. The Balaban J connectivity index is 1.56. The average molecular weight is 327 g/mol. The fraction of sp³-hybridized carbons (Fsp3) is 0.500. The van der Waals surface area contributed by atoms with E-state index in [0.29, 0.717) is 25.0 Å². The molecular weight excluding hydrogens is 302 g/mol. The third-order valence-corrected chi connectivity index (χ3v) is 4.44. The maximum atomic E-state index is 9.22. The van der Waals surface area contributed by atoms with Gasteiger partial charge in [-0.05, 0) is 50.3 Å². The van der Waals surface area contributed by atoms with E-state index in [1.54, 1.807) is 0 Å². The minimum atomic E-state index is 0.298. The highest BCUT2D eigenvalue weighted by Gasteiger charge is 2.19. The van der Waals surface area contributed by atoms with Crippen LogP contribution in [0.5, 0.6) is 0 Å². The van der Waals surface area contributed by atoms with E-state index in [0.717, 1.165) is 48.7 Å². The van der Waals surface area contributed by atoms with Gasteiger partial charge in [-0.15, -0.1) is 0 Å². The van der Waals surface area contributed by atoms with E-state index in [1.165, 1.54) is 0 Å². The fourth-order valence-corrected chi connectivity index (χ4v) is 3.04. The number of aromatic nitrogens is 3. The van der Waals surface area contributed by atoms with E-state index in [-0.39, 0.29) is 0 Å². The number of aryl methyl sites for hydroxylation is 2. The molecule has 0 amide bonds. The lowest BCUT2D eigenvalue weighted by Crippen LogP contribution is -2.35. The summed E-state index contributed by atoms with van der Waals surface area (Å²) in [7, 11) is 0. The van der Waals surface area contributed by atoms with E-state index in [1.807, 2.05) is 26.1 Å². The lowest BCUT2D eigenvalue weighted by atomic mass is 9.98. The number of aliphatic hydroxyl groups is 1. The van der Waals surface area contributed by atoms with Crippen molar-refractivity contribution in [1.29, 1.82) is 0 Å². The van der Waals surface area contributed by atoms with Crippen LogP contribution < -0.4 is 10.2 Å². The van der Waals surface area contributed by atoms with E-state index in [4.69, 9.17) is 0 Å². The molecule has 2 aromatic heterocycles. The molecule has 6 nitrogen and oxygen atoms in total. The van der Waals surface area contributed by atoms with Crippen molar-refractivity contribution in [2.45, 2.75) is 33.2 Å². The van der Waals surface area contributed by atoms with Gasteiger partial charge in [-0.2, -0.15) is 0 Å². The second kappa shape index (κ2) is 7.57. The molecule has 0 saturated carbocycles. The van der Waals surface area contributed by atoms with Crippen LogP contribution in [-0.4, -0.2) is 39.8 Å². The molecule has 0 atom stereocenters. The Labute approximate surface area is 143 Å². The van der Waals surface area contributed by atoms with Crippen molar-refractivity contribution in [1.82, 2.24) is 15.0 Å². The topological polar surface area (TPSA) is 74.2 Å². The van der Waals surface area contributed by atoms with Crippen LogP contribution in [0.1, 0.15) is 29.8 Å². The third-order valence-electron chi connectivity index (χ3n) is 4.44. The van der Waals surface area contributed by atoms with Gasteiger partial charge in [0, 0.05) is 43.8 Å². The monoisotopic (exact) mass is 327 g/mol. The Hall–Kier alpha value is -2.21. The van der Waals surface area contributed by atoms with Crippen molar-refractivity contribution in [2.75, 3.05) is 29.9 Å². The normalized spacial score (nSPS) is 15.5. The quantitative estimate of drug-likeness (QED) is 0.878. The van der Waals surface area contributed by atoms with Gasteiger partial charge in [-0.1, -0.05) is 6.07 Å². The van der Waals surface area contributed by atoms with E-state index >= 15 is 0 Å². The molecule has 6 heteroatoms. The van der Waals surface area contributed by atoms with Crippen LogP contribution in [0.2, 0.25) is 0 Å². The van der Waals surface area contributed by atoms with Crippen molar-refractivity contribution in [3.63, 3.8) is 0 Å². The zero-order valence-electron chi connectivity index (χ0n) is 14.4. The summed E-state index contributed by atoms with van der Waals surface area (Å²) >= 11 is 0. The number of nitrogens with zero attached hydrogens (tertiary/aromatic N) is 4. The zero-order chi connectivity index (χ0) is 16.9. The third kappa shape index (κ3) is 4.20. The Morgan fingerprint density at radius 1 is 1.17 bits per heavy atom. The molecule has 0 spiro atoms. The minimum Gasteiger partial charge on any atom is -0.396 e. The van der Waals surface area contributed by atoms with Crippen molar-refractivity contribution >= 4 is 11.8 Å². The second-order valence-corrected chi connectivity index (χ2v) is 6.47. The molecule has 3 heterocycles. The highest BCUT2D eigenvalue weighted by atomic mass is 16.3. The predicted octanol–water partition coefficient (Wildman–Crippen LogP) is 2.31. The van der Waals surface area contributed by atoms with Gasteiger partial charge in [-0.3, -0.25) is 0 Å². The van der Waals surface area contributed by atoms with Crippen molar-refractivity contribution in [3.8, 4) is 0 Å². The molecule has 1 aliphatic rings. The van der Waals surface area contributed by atoms with Crippen LogP contribution in [0.15, 0.2) is 24.4 Å². The molecule has 0 unspecified atom stereocenters. The van der Waals surface area contributed by atoms with Crippen LogP contribution in [0, 0.1) is 19.8 Å². The summed E-state index contributed by atoms with van der Waals surface area (Å²) in [4.78, 5) is 15.6. The van der Waals surface area contributed by atoms with E-state index in [2.05, 4.69) is 37.3 Å². The number of pyridine rings is 1. The summed E-state index contributed by atoms with van der Waals surface area (Å²) in [6.07, 6.45) is 3.97. The van der Waals surface area contributed by atoms with Crippen molar-refractivity contribution in [3.05, 3.63) is 41.3 Å². The molecule has 0 bridgehead atoms. The Morgan fingerprint density at radius 3 is 2.46 bits per heavy atom. The zero-order valence-corrected chi connectivity index (χ0v) is 14.4.